The first-order valence-corrected chi connectivity index (χ1v) is 8.12. The first kappa shape index (κ1) is 16.1. The Morgan fingerprint density at radius 2 is 1.29 bits per heavy atom. The summed E-state index contributed by atoms with van der Waals surface area (Å²) >= 11 is 0. The van der Waals surface area contributed by atoms with Crippen molar-refractivity contribution in [2.75, 3.05) is 0 Å². The van der Waals surface area contributed by atoms with Crippen LogP contribution in [0.25, 0.3) is 0 Å². The molecule has 2 nitrogen and oxygen atoms in total. The summed E-state index contributed by atoms with van der Waals surface area (Å²) in [4.78, 5) is 0. The molecule has 3 aromatic rings. The van der Waals surface area contributed by atoms with Gasteiger partial charge in [0.1, 0.15) is 18.1 Å². The summed E-state index contributed by atoms with van der Waals surface area (Å²) in [6.07, 6.45) is 0. The molecule has 0 aliphatic carbocycles. The number of ether oxygens (including phenoxy) is 1. The van der Waals surface area contributed by atoms with Crippen molar-refractivity contribution >= 4 is 0 Å². The van der Waals surface area contributed by atoms with Gasteiger partial charge in [0.25, 0.3) is 0 Å². The minimum absolute atomic E-state index is 0.133. The van der Waals surface area contributed by atoms with Gasteiger partial charge in [-0.15, -0.1) is 0 Å². The fourth-order valence-electron chi connectivity index (χ4n) is 2.75. The van der Waals surface area contributed by atoms with Crippen molar-refractivity contribution in [2.24, 2.45) is 0 Å². The fraction of sp³-hybridized carbons (Fsp3) is 0.182. The molecule has 0 fully saturated rings. The van der Waals surface area contributed by atoms with E-state index in [9.17, 15) is 5.11 Å². The summed E-state index contributed by atoms with van der Waals surface area (Å²) in [5.41, 5.74) is 3.40. The second kappa shape index (κ2) is 6.79. The molecule has 0 aromatic heterocycles. The fourth-order valence-corrected chi connectivity index (χ4v) is 2.75. The zero-order chi connectivity index (χ0) is 17.0. The quantitative estimate of drug-likeness (QED) is 0.692. The van der Waals surface area contributed by atoms with Gasteiger partial charge in [-0.2, -0.15) is 0 Å². The van der Waals surface area contributed by atoms with Crippen molar-refractivity contribution < 1.29 is 9.84 Å². The molecule has 0 saturated heterocycles. The van der Waals surface area contributed by atoms with E-state index in [2.05, 4.69) is 38.1 Å². The molecule has 0 amide bonds. The second-order valence-electron chi connectivity index (χ2n) is 6.47. The summed E-state index contributed by atoms with van der Waals surface area (Å²) in [6.45, 7) is 4.93. The van der Waals surface area contributed by atoms with Gasteiger partial charge in [-0.1, -0.05) is 68.4 Å². The molecule has 3 aromatic carbocycles. The van der Waals surface area contributed by atoms with Gasteiger partial charge in [-0.25, -0.2) is 0 Å². The summed E-state index contributed by atoms with van der Waals surface area (Å²) in [7, 11) is 0. The summed E-state index contributed by atoms with van der Waals surface area (Å²) < 4.78 is 5.85. The average Bonchev–Trinajstić information content (AvgIpc) is 2.61. The number of rotatable bonds is 5. The number of hydrogen-bond donors (Lipinski definition) is 1. The lowest BCUT2D eigenvalue weighted by Crippen LogP contribution is -2.18. The molecule has 0 unspecified atom stereocenters. The van der Waals surface area contributed by atoms with Crippen molar-refractivity contribution in [1.82, 2.24) is 0 Å². The van der Waals surface area contributed by atoms with Crippen LogP contribution in [-0.2, 0) is 12.0 Å². The highest BCUT2D eigenvalue weighted by Crippen LogP contribution is 2.33. The molecule has 0 radical (unpaired) electrons. The maximum atomic E-state index is 9.47. The van der Waals surface area contributed by atoms with E-state index < -0.39 is 0 Å². The lowest BCUT2D eigenvalue weighted by atomic mass is 9.78. The molecule has 2 heteroatoms. The Morgan fingerprint density at radius 1 is 0.750 bits per heavy atom. The van der Waals surface area contributed by atoms with Crippen molar-refractivity contribution in [2.45, 2.75) is 25.9 Å². The van der Waals surface area contributed by atoms with E-state index in [1.54, 1.807) is 12.1 Å². The van der Waals surface area contributed by atoms with Gasteiger partial charge >= 0.3 is 0 Å². The van der Waals surface area contributed by atoms with E-state index in [1.807, 2.05) is 42.5 Å². The zero-order valence-corrected chi connectivity index (χ0v) is 14.1. The maximum Gasteiger partial charge on any atom is 0.119 e. The average molecular weight is 318 g/mol. The third-order valence-electron chi connectivity index (χ3n) is 4.41. The lowest BCUT2D eigenvalue weighted by Gasteiger charge is -2.26. The molecule has 0 saturated carbocycles. The highest BCUT2D eigenvalue weighted by molar-refractivity contribution is 5.41. The van der Waals surface area contributed by atoms with Crippen LogP contribution in [0.1, 0.15) is 30.5 Å². The first-order valence-electron chi connectivity index (χ1n) is 8.12. The number of hydrogen-bond acceptors (Lipinski definition) is 2. The number of benzene rings is 3. The standard InChI is InChI=1S/C22H22O2/c1-22(2,18-8-12-20(23)13-9-18)19-10-14-21(15-11-19)24-16-17-6-4-3-5-7-17/h3-15,23H,16H2,1-2H3. The molecule has 122 valence electrons. The minimum atomic E-state index is -0.133. The molecular formula is C22H22O2. The van der Waals surface area contributed by atoms with Gasteiger partial charge in [0, 0.05) is 5.41 Å². The van der Waals surface area contributed by atoms with Crippen molar-refractivity contribution in [3.63, 3.8) is 0 Å². The molecular weight excluding hydrogens is 296 g/mol. The van der Waals surface area contributed by atoms with Crippen LogP contribution in [0.5, 0.6) is 11.5 Å². The lowest BCUT2D eigenvalue weighted by molar-refractivity contribution is 0.306. The largest absolute Gasteiger partial charge is 0.508 e. The van der Waals surface area contributed by atoms with Crippen LogP contribution in [0.15, 0.2) is 78.9 Å². The van der Waals surface area contributed by atoms with Crippen LogP contribution in [0, 0.1) is 0 Å². The van der Waals surface area contributed by atoms with E-state index in [0.717, 1.165) is 11.3 Å². The third kappa shape index (κ3) is 3.60. The van der Waals surface area contributed by atoms with E-state index in [-0.39, 0.29) is 5.41 Å². The maximum absolute atomic E-state index is 9.47. The smallest absolute Gasteiger partial charge is 0.119 e. The van der Waals surface area contributed by atoms with Crippen molar-refractivity contribution in [1.29, 1.82) is 0 Å². The monoisotopic (exact) mass is 318 g/mol. The zero-order valence-electron chi connectivity index (χ0n) is 14.1. The third-order valence-corrected chi connectivity index (χ3v) is 4.41. The molecule has 0 atom stereocenters. The number of aromatic hydroxyl groups is 1. The van der Waals surface area contributed by atoms with Gasteiger partial charge in [-0.3, -0.25) is 0 Å². The predicted molar refractivity (Wildman–Crippen MR) is 97.5 cm³/mol. The molecule has 3 rings (SSSR count). The number of phenolic OH excluding ortho intramolecular Hbond substituents is 1. The van der Waals surface area contributed by atoms with E-state index in [4.69, 9.17) is 4.74 Å². The van der Waals surface area contributed by atoms with Gasteiger partial charge < -0.3 is 9.84 Å². The molecule has 0 bridgehead atoms. The summed E-state index contributed by atoms with van der Waals surface area (Å²) in [5.74, 6) is 1.16. The van der Waals surface area contributed by atoms with Crippen LogP contribution < -0.4 is 4.74 Å². The first-order chi connectivity index (χ1) is 11.6. The van der Waals surface area contributed by atoms with Gasteiger partial charge in [0.05, 0.1) is 0 Å². The highest BCUT2D eigenvalue weighted by Gasteiger charge is 2.22. The Morgan fingerprint density at radius 3 is 1.88 bits per heavy atom. The van der Waals surface area contributed by atoms with Gasteiger partial charge in [0.2, 0.25) is 0 Å². The Labute approximate surface area is 143 Å². The summed E-state index contributed by atoms with van der Waals surface area (Å²) in [6, 6.07) is 25.8. The van der Waals surface area contributed by atoms with E-state index in [0.29, 0.717) is 12.4 Å². The van der Waals surface area contributed by atoms with E-state index in [1.165, 1.54) is 11.1 Å². The molecule has 0 aliphatic rings. The topological polar surface area (TPSA) is 29.5 Å². The van der Waals surface area contributed by atoms with Crippen molar-refractivity contribution in [3.05, 3.63) is 95.6 Å². The van der Waals surface area contributed by atoms with Crippen LogP contribution in [0.3, 0.4) is 0 Å². The van der Waals surface area contributed by atoms with Crippen molar-refractivity contribution in [3.8, 4) is 11.5 Å². The molecule has 0 spiro atoms. The Balaban J connectivity index is 1.72. The van der Waals surface area contributed by atoms with Crippen LogP contribution >= 0.6 is 0 Å². The van der Waals surface area contributed by atoms with Crippen LogP contribution in [-0.4, -0.2) is 5.11 Å². The Kier molecular flexibility index (Phi) is 4.57. The molecule has 1 N–H and O–H groups in total. The Hall–Kier alpha value is -2.74. The highest BCUT2D eigenvalue weighted by atomic mass is 16.5. The van der Waals surface area contributed by atoms with Crippen LogP contribution in [0.2, 0.25) is 0 Å². The predicted octanol–water partition coefficient (Wildman–Crippen LogP) is 5.30. The van der Waals surface area contributed by atoms with Gasteiger partial charge in [-0.05, 0) is 41.0 Å². The molecule has 24 heavy (non-hydrogen) atoms. The van der Waals surface area contributed by atoms with Crippen LogP contribution in [0.4, 0.5) is 0 Å². The van der Waals surface area contributed by atoms with Gasteiger partial charge in [0.15, 0.2) is 0 Å². The van der Waals surface area contributed by atoms with E-state index >= 15 is 0 Å². The number of phenols is 1. The second-order valence-corrected chi connectivity index (χ2v) is 6.47. The Bertz CT molecular complexity index is 772. The molecule has 0 heterocycles. The molecule has 0 aliphatic heterocycles. The SMILES string of the molecule is CC(C)(c1ccc(O)cc1)c1ccc(OCc2ccccc2)cc1. The minimum Gasteiger partial charge on any atom is -0.508 e. The normalized spacial score (nSPS) is 11.2. The summed E-state index contributed by atoms with van der Waals surface area (Å²) in [5, 5.41) is 9.47.